The first-order chi connectivity index (χ1) is 10.5. The molecule has 1 aromatic carbocycles. The third kappa shape index (κ3) is 4.25. The summed E-state index contributed by atoms with van der Waals surface area (Å²) in [6.45, 7) is 0. The molecule has 0 aliphatic rings. The molecule has 112 valence electrons. The highest BCUT2D eigenvalue weighted by molar-refractivity contribution is 7.99. The molecule has 1 heterocycles. The predicted octanol–water partition coefficient (Wildman–Crippen LogP) is 1.61. The lowest BCUT2D eigenvalue weighted by atomic mass is 10.2. The molecule has 1 amide bonds. The Labute approximate surface area is 134 Å². The van der Waals surface area contributed by atoms with E-state index in [9.17, 15) is 9.59 Å². The number of rotatable bonds is 4. The number of aromatic amines is 1. The number of benzene rings is 1. The molecule has 0 radical (unpaired) electrons. The van der Waals surface area contributed by atoms with E-state index in [1.54, 1.807) is 6.07 Å². The van der Waals surface area contributed by atoms with Crippen LogP contribution in [0.15, 0.2) is 34.2 Å². The normalized spacial score (nSPS) is 10.0. The van der Waals surface area contributed by atoms with Gasteiger partial charge in [0.2, 0.25) is 5.91 Å². The number of thioether (sulfide) groups is 1. The first kappa shape index (κ1) is 15.9. The van der Waals surface area contributed by atoms with E-state index in [1.807, 2.05) is 6.07 Å². The highest BCUT2D eigenvalue weighted by atomic mass is 35.5. The zero-order valence-electron chi connectivity index (χ0n) is 11.1. The summed E-state index contributed by atoms with van der Waals surface area (Å²) in [5.41, 5.74) is 5.69. The van der Waals surface area contributed by atoms with Gasteiger partial charge in [0.25, 0.3) is 5.56 Å². The zero-order chi connectivity index (χ0) is 16.1. The Balaban J connectivity index is 2.03. The van der Waals surface area contributed by atoms with Gasteiger partial charge in [0.05, 0.1) is 17.0 Å². The number of amides is 1. The number of halogens is 1. The average Bonchev–Trinajstić information content (AvgIpc) is 2.44. The molecule has 2 rings (SSSR count). The van der Waals surface area contributed by atoms with Crippen LogP contribution in [-0.4, -0.2) is 21.6 Å². The first-order valence-corrected chi connectivity index (χ1v) is 7.33. The molecular weight excluding hydrogens is 326 g/mol. The second kappa shape index (κ2) is 6.98. The number of H-pyrrole nitrogens is 1. The summed E-state index contributed by atoms with van der Waals surface area (Å²) in [4.78, 5) is 29.5. The van der Waals surface area contributed by atoms with E-state index in [2.05, 4.69) is 15.3 Å². The van der Waals surface area contributed by atoms with E-state index in [0.29, 0.717) is 16.3 Å². The maximum Gasteiger partial charge on any atom is 0.253 e. The summed E-state index contributed by atoms with van der Waals surface area (Å²) < 4.78 is 0. The number of hydrogen-bond donors (Lipinski definition) is 3. The van der Waals surface area contributed by atoms with Crippen molar-refractivity contribution in [1.29, 1.82) is 5.26 Å². The van der Waals surface area contributed by atoms with E-state index in [0.717, 1.165) is 17.8 Å². The van der Waals surface area contributed by atoms with Crippen LogP contribution in [0.4, 0.5) is 11.5 Å². The van der Waals surface area contributed by atoms with Crippen LogP contribution >= 0.6 is 23.4 Å². The van der Waals surface area contributed by atoms with Gasteiger partial charge in [-0.2, -0.15) is 5.26 Å². The molecule has 0 unspecified atom stereocenters. The monoisotopic (exact) mass is 335 g/mol. The van der Waals surface area contributed by atoms with Gasteiger partial charge in [-0.05, 0) is 18.2 Å². The summed E-state index contributed by atoms with van der Waals surface area (Å²) >= 11 is 6.85. The highest BCUT2D eigenvalue weighted by Crippen LogP contribution is 2.21. The van der Waals surface area contributed by atoms with Crippen molar-refractivity contribution in [1.82, 2.24) is 9.97 Å². The lowest BCUT2D eigenvalue weighted by molar-refractivity contribution is -0.113. The smallest absolute Gasteiger partial charge is 0.253 e. The Kier molecular flexibility index (Phi) is 5.04. The van der Waals surface area contributed by atoms with E-state index >= 15 is 0 Å². The molecule has 0 saturated heterocycles. The lowest BCUT2D eigenvalue weighted by Gasteiger charge is -2.07. The van der Waals surface area contributed by atoms with Crippen molar-refractivity contribution in [2.75, 3.05) is 16.8 Å². The van der Waals surface area contributed by atoms with Gasteiger partial charge in [-0.15, -0.1) is 0 Å². The van der Waals surface area contributed by atoms with Gasteiger partial charge in [0, 0.05) is 11.1 Å². The number of anilines is 2. The SMILES string of the molecule is N#Cc1ccc(Cl)cc1NC(=O)CSc1nc(N)cc(=O)[nH]1. The fourth-order valence-corrected chi connectivity index (χ4v) is 2.41. The molecule has 9 heteroatoms. The van der Waals surface area contributed by atoms with Gasteiger partial charge in [0.1, 0.15) is 11.9 Å². The van der Waals surface area contributed by atoms with Gasteiger partial charge in [-0.3, -0.25) is 9.59 Å². The molecule has 0 aliphatic heterocycles. The summed E-state index contributed by atoms with van der Waals surface area (Å²) in [5, 5.41) is 12.2. The van der Waals surface area contributed by atoms with Gasteiger partial charge in [-0.1, -0.05) is 23.4 Å². The minimum absolute atomic E-state index is 0.0101. The highest BCUT2D eigenvalue weighted by Gasteiger charge is 2.09. The molecule has 0 saturated carbocycles. The molecule has 7 nitrogen and oxygen atoms in total. The van der Waals surface area contributed by atoms with E-state index < -0.39 is 5.56 Å². The summed E-state index contributed by atoms with van der Waals surface area (Å²) in [5.74, 6) is -0.300. The van der Waals surface area contributed by atoms with Crippen LogP contribution in [0.3, 0.4) is 0 Å². The molecule has 0 fully saturated rings. The van der Waals surface area contributed by atoms with Gasteiger partial charge >= 0.3 is 0 Å². The standard InChI is InChI=1S/C13H10ClN5O2S/c14-8-2-1-7(5-15)9(3-8)17-12(21)6-22-13-18-10(16)4-11(20)19-13/h1-4H,6H2,(H,17,21)(H3,16,18,19,20). The molecule has 0 atom stereocenters. The van der Waals surface area contributed by atoms with Gasteiger partial charge in [0.15, 0.2) is 5.16 Å². The third-order valence-corrected chi connectivity index (χ3v) is 3.56. The number of nitrogens with two attached hydrogens (primary N) is 1. The molecule has 22 heavy (non-hydrogen) atoms. The number of nitriles is 1. The van der Waals surface area contributed by atoms with Crippen LogP contribution < -0.4 is 16.6 Å². The van der Waals surface area contributed by atoms with Crippen LogP contribution in [0.25, 0.3) is 0 Å². The maximum atomic E-state index is 11.9. The third-order valence-electron chi connectivity index (χ3n) is 2.46. The quantitative estimate of drug-likeness (QED) is 0.575. The minimum Gasteiger partial charge on any atom is -0.383 e. The number of aromatic nitrogens is 2. The number of hydrogen-bond acceptors (Lipinski definition) is 6. The number of nitrogen functional groups attached to an aromatic ring is 1. The van der Waals surface area contributed by atoms with Crippen LogP contribution in [0.5, 0.6) is 0 Å². The molecule has 1 aromatic heterocycles. The van der Waals surface area contributed by atoms with E-state index in [4.69, 9.17) is 22.6 Å². The largest absolute Gasteiger partial charge is 0.383 e. The van der Waals surface area contributed by atoms with E-state index in [1.165, 1.54) is 12.1 Å². The van der Waals surface area contributed by atoms with Crippen LogP contribution in [0, 0.1) is 11.3 Å². The summed E-state index contributed by atoms with van der Waals surface area (Å²) in [6, 6.07) is 7.68. The van der Waals surface area contributed by atoms with Crippen LogP contribution in [0.2, 0.25) is 5.02 Å². The van der Waals surface area contributed by atoms with Crippen molar-refractivity contribution < 1.29 is 4.79 Å². The van der Waals surface area contributed by atoms with Crippen molar-refractivity contribution in [3.8, 4) is 6.07 Å². The van der Waals surface area contributed by atoms with Gasteiger partial charge < -0.3 is 16.0 Å². The number of nitrogens with zero attached hydrogens (tertiary/aromatic N) is 2. The second-order valence-corrected chi connectivity index (χ2v) is 5.51. The molecular formula is C13H10ClN5O2S. The van der Waals surface area contributed by atoms with Crippen LogP contribution in [-0.2, 0) is 4.79 Å². The number of nitrogens with one attached hydrogen (secondary N) is 2. The number of carbonyl (C=O) groups is 1. The zero-order valence-corrected chi connectivity index (χ0v) is 12.7. The van der Waals surface area contributed by atoms with Crippen molar-refractivity contribution in [3.63, 3.8) is 0 Å². The summed E-state index contributed by atoms with van der Waals surface area (Å²) in [7, 11) is 0. The Morgan fingerprint density at radius 1 is 1.50 bits per heavy atom. The molecule has 0 spiro atoms. The number of carbonyl (C=O) groups excluding carboxylic acids is 1. The van der Waals surface area contributed by atoms with E-state index in [-0.39, 0.29) is 22.6 Å². The van der Waals surface area contributed by atoms with Crippen LogP contribution in [0.1, 0.15) is 5.56 Å². The second-order valence-electron chi connectivity index (χ2n) is 4.11. The Hall–Kier alpha value is -2.50. The fourth-order valence-electron chi connectivity index (χ4n) is 1.56. The summed E-state index contributed by atoms with van der Waals surface area (Å²) in [6.07, 6.45) is 0. The lowest BCUT2D eigenvalue weighted by Crippen LogP contribution is -2.16. The average molecular weight is 336 g/mol. The maximum absolute atomic E-state index is 11.9. The fraction of sp³-hybridized carbons (Fsp3) is 0.0769. The predicted molar refractivity (Wildman–Crippen MR) is 84.8 cm³/mol. The molecule has 4 N–H and O–H groups in total. The molecule has 2 aromatic rings. The molecule has 0 aliphatic carbocycles. The first-order valence-electron chi connectivity index (χ1n) is 5.97. The van der Waals surface area contributed by atoms with Crippen molar-refractivity contribution in [2.45, 2.75) is 5.16 Å². The Bertz CT molecular complexity index is 815. The topological polar surface area (TPSA) is 125 Å². The van der Waals surface area contributed by atoms with Crippen molar-refractivity contribution >= 4 is 40.8 Å². The van der Waals surface area contributed by atoms with Crippen molar-refractivity contribution in [3.05, 3.63) is 45.2 Å². The molecule has 0 bridgehead atoms. The van der Waals surface area contributed by atoms with Crippen molar-refractivity contribution in [2.24, 2.45) is 0 Å². The Morgan fingerprint density at radius 2 is 2.27 bits per heavy atom. The van der Waals surface area contributed by atoms with Gasteiger partial charge in [-0.25, -0.2) is 4.98 Å². The minimum atomic E-state index is -0.392. The Morgan fingerprint density at radius 3 is 2.95 bits per heavy atom.